The molecule has 0 saturated carbocycles. The van der Waals surface area contributed by atoms with Crippen LogP contribution in [0.1, 0.15) is 79.1 Å². The molecule has 5 nitrogen and oxygen atoms in total. The van der Waals surface area contributed by atoms with Crippen molar-refractivity contribution in [3.05, 3.63) is 0 Å². The van der Waals surface area contributed by atoms with Crippen LogP contribution >= 0.6 is 0 Å². The van der Waals surface area contributed by atoms with Crippen molar-refractivity contribution in [3.8, 4) is 0 Å². The Morgan fingerprint density at radius 1 is 0.958 bits per heavy atom. The molecule has 0 heterocycles. The fourth-order valence-corrected chi connectivity index (χ4v) is 2.37. The molecule has 0 aliphatic rings. The number of amides is 1. The van der Waals surface area contributed by atoms with Crippen molar-refractivity contribution >= 4 is 12.1 Å². The van der Waals surface area contributed by atoms with Gasteiger partial charge in [-0.25, -0.2) is 4.79 Å². The van der Waals surface area contributed by atoms with E-state index in [1.54, 1.807) is 4.90 Å². The summed E-state index contributed by atoms with van der Waals surface area (Å²) >= 11 is 0. The number of nitrogens with zero attached hydrogens (tertiary/aromatic N) is 1. The molecule has 0 fully saturated rings. The summed E-state index contributed by atoms with van der Waals surface area (Å²) in [6, 6.07) is 0. The van der Waals surface area contributed by atoms with Crippen LogP contribution in [0.4, 0.5) is 4.79 Å². The zero-order valence-electron chi connectivity index (χ0n) is 16.1. The molecule has 5 heteroatoms. The Morgan fingerprint density at radius 3 is 2.25 bits per heavy atom. The third-order valence-electron chi connectivity index (χ3n) is 4.20. The number of rotatable bonds is 14. The molecule has 0 aromatic carbocycles. The molecular formula is C19H37NO4. The Hall–Kier alpha value is -1.26. The lowest BCUT2D eigenvalue weighted by molar-refractivity contribution is -0.145. The first-order chi connectivity index (χ1) is 11.6. The van der Waals surface area contributed by atoms with Crippen LogP contribution in [-0.2, 0) is 14.3 Å². The van der Waals surface area contributed by atoms with Crippen LogP contribution in [0.25, 0.3) is 0 Å². The molecule has 0 rings (SSSR count). The molecule has 0 saturated heterocycles. The van der Waals surface area contributed by atoms with Gasteiger partial charge in [-0.15, -0.1) is 0 Å². The molecule has 0 N–H and O–H groups in total. The van der Waals surface area contributed by atoms with Crippen molar-refractivity contribution in [2.45, 2.75) is 79.1 Å². The molecular weight excluding hydrogens is 306 g/mol. The highest BCUT2D eigenvalue weighted by molar-refractivity contribution is 5.70. The standard InChI is InChI=1S/C19H37NO4/c1-5-9-12-17(7-3)16-24-18(21)13-11-14-20(8-4)19(22)23-15-10-6-2/h17H,5-16H2,1-4H3. The maximum Gasteiger partial charge on any atom is 0.409 e. The van der Waals surface area contributed by atoms with Gasteiger partial charge in [-0.1, -0.05) is 46.5 Å². The molecule has 1 amide bonds. The van der Waals surface area contributed by atoms with E-state index in [-0.39, 0.29) is 12.1 Å². The minimum Gasteiger partial charge on any atom is -0.465 e. The zero-order chi connectivity index (χ0) is 18.2. The van der Waals surface area contributed by atoms with Crippen molar-refractivity contribution in [1.82, 2.24) is 4.90 Å². The predicted molar refractivity (Wildman–Crippen MR) is 97.0 cm³/mol. The molecule has 0 aliphatic carbocycles. The van der Waals surface area contributed by atoms with Gasteiger partial charge in [0, 0.05) is 19.5 Å². The topological polar surface area (TPSA) is 55.8 Å². The van der Waals surface area contributed by atoms with Gasteiger partial charge in [-0.3, -0.25) is 4.79 Å². The largest absolute Gasteiger partial charge is 0.465 e. The molecule has 1 atom stereocenters. The Kier molecular flexibility index (Phi) is 14.5. The van der Waals surface area contributed by atoms with Crippen LogP contribution < -0.4 is 0 Å². The second-order valence-electron chi connectivity index (χ2n) is 6.25. The molecule has 0 radical (unpaired) electrons. The van der Waals surface area contributed by atoms with Gasteiger partial charge >= 0.3 is 12.1 Å². The average Bonchev–Trinajstić information content (AvgIpc) is 2.59. The first kappa shape index (κ1) is 22.7. The minimum absolute atomic E-state index is 0.166. The van der Waals surface area contributed by atoms with Crippen LogP contribution in [0.3, 0.4) is 0 Å². The zero-order valence-corrected chi connectivity index (χ0v) is 16.1. The Labute approximate surface area is 148 Å². The first-order valence-corrected chi connectivity index (χ1v) is 9.66. The number of hydrogen-bond donors (Lipinski definition) is 0. The van der Waals surface area contributed by atoms with Gasteiger partial charge in [0.25, 0.3) is 0 Å². The molecule has 142 valence electrons. The summed E-state index contributed by atoms with van der Waals surface area (Å²) in [4.78, 5) is 25.3. The average molecular weight is 344 g/mol. The normalized spacial score (nSPS) is 11.8. The van der Waals surface area contributed by atoms with Crippen molar-refractivity contribution in [1.29, 1.82) is 0 Å². The number of unbranched alkanes of at least 4 members (excludes halogenated alkanes) is 2. The number of esters is 1. The molecule has 0 aromatic rings. The summed E-state index contributed by atoms with van der Waals surface area (Å²) in [6.45, 7) is 10.4. The number of carbonyl (C=O) groups is 2. The lowest BCUT2D eigenvalue weighted by Crippen LogP contribution is -2.33. The number of hydrogen-bond acceptors (Lipinski definition) is 4. The number of ether oxygens (including phenoxy) is 2. The van der Waals surface area contributed by atoms with Gasteiger partial charge in [0.2, 0.25) is 0 Å². The van der Waals surface area contributed by atoms with Gasteiger partial charge < -0.3 is 14.4 Å². The molecule has 1 unspecified atom stereocenters. The van der Waals surface area contributed by atoms with Gasteiger partial charge in [-0.2, -0.15) is 0 Å². The lowest BCUT2D eigenvalue weighted by Gasteiger charge is -2.20. The fraction of sp³-hybridized carbons (Fsp3) is 0.895. The van der Waals surface area contributed by atoms with E-state index in [0.717, 1.165) is 25.7 Å². The minimum atomic E-state index is -0.287. The van der Waals surface area contributed by atoms with E-state index in [0.29, 0.717) is 45.1 Å². The van der Waals surface area contributed by atoms with Gasteiger partial charge in [0.15, 0.2) is 0 Å². The summed E-state index contributed by atoms with van der Waals surface area (Å²) < 4.78 is 10.6. The van der Waals surface area contributed by atoms with E-state index in [4.69, 9.17) is 9.47 Å². The first-order valence-electron chi connectivity index (χ1n) is 9.66. The van der Waals surface area contributed by atoms with E-state index >= 15 is 0 Å². The van der Waals surface area contributed by atoms with E-state index in [9.17, 15) is 9.59 Å². The third-order valence-corrected chi connectivity index (χ3v) is 4.20. The van der Waals surface area contributed by atoms with Crippen LogP contribution in [0.5, 0.6) is 0 Å². The van der Waals surface area contributed by atoms with Crippen molar-refractivity contribution in [2.75, 3.05) is 26.3 Å². The van der Waals surface area contributed by atoms with Crippen molar-refractivity contribution in [2.24, 2.45) is 5.92 Å². The second-order valence-corrected chi connectivity index (χ2v) is 6.25. The maximum absolute atomic E-state index is 11.9. The molecule has 24 heavy (non-hydrogen) atoms. The highest BCUT2D eigenvalue weighted by atomic mass is 16.6. The highest BCUT2D eigenvalue weighted by Crippen LogP contribution is 2.13. The number of carbonyl (C=O) groups excluding carboxylic acids is 2. The van der Waals surface area contributed by atoms with E-state index in [1.807, 2.05) is 6.92 Å². The van der Waals surface area contributed by atoms with Crippen LogP contribution in [0.2, 0.25) is 0 Å². The molecule has 0 aromatic heterocycles. The summed E-state index contributed by atoms with van der Waals surface area (Å²) in [7, 11) is 0. The Bertz CT molecular complexity index is 333. The Morgan fingerprint density at radius 2 is 1.67 bits per heavy atom. The van der Waals surface area contributed by atoms with Gasteiger partial charge in [0.05, 0.1) is 13.2 Å². The molecule has 0 aliphatic heterocycles. The van der Waals surface area contributed by atoms with E-state index in [1.165, 1.54) is 12.8 Å². The van der Waals surface area contributed by atoms with Gasteiger partial charge in [0.1, 0.15) is 0 Å². The van der Waals surface area contributed by atoms with Crippen LogP contribution in [0, 0.1) is 5.92 Å². The molecule has 0 bridgehead atoms. The fourth-order valence-electron chi connectivity index (χ4n) is 2.37. The van der Waals surface area contributed by atoms with Crippen molar-refractivity contribution in [3.63, 3.8) is 0 Å². The van der Waals surface area contributed by atoms with Gasteiger partial charge in [-0.05, 0) is 32.1 Å². The second kappa shape index (κ2) is 15.3. The SMILES string of the molecule is CCCCOC(=O)N(CC)CCCC(=O)OCC(CC)CCCC. The summed E-state index contributed by atoms with van der Waals surface area (Å²) in [5.74, 6) is 0.301. The molecule has 0 spiro atoms. The van der Waals surface area contributed by atoms with E-state index < -0.39 is 0 Å². The van der Waals surface area contributed by atoms with E-state index in [2.05, 4.69) is 20.8 Å². The maximum atomic E-state index is 11.9. The predicted octanol–water partition coefficient (Wildman–Crippen LogP) is 4.78. The summed E-state index contributed by atoms with van der Waals surface area (Å²) in [6.07, 6.45) is 7.07. The van der Waals surface area contributed by atoms with Crippen LogP contribution in [-0.4, -0.2) is 43.3 Å². The monoisotopic (exact) mass is 343 g/mol. The third kappa shape index (κ3) is 11.3. The quantitative estimate of drug-likeness (QED) is 0.336. The van der Waals surface area contributed by atoms with Crippen molar-refractivity contribution < 1.29 is 19.1 Å². The lowest BCUT2D eigenvalue weighted by atomic mass is 10.0. The Balaban J connectivity index is 3.93. The summed E-state index contributed by atoms with van der Waals surface area (Å²) in [5, 5.41) is 0. The highest BCUT2D eigenvalue weighted by Gasteiger charge is 2.14. The summed E-state index contributed by atoms with van der Waals surface area (Å²) in [5.41, 5.74) is 0. The van der Waals surface area contributed by atoms with Crippen LogP contribution in [0.15, 0.2) is 0 Å². The smallest absolute Gasteiger partial charge is 0.409 e.